The molecule has 1 rings (SSSR count). The minimum Gasteiger partial charge on any atom is -0.396 e. The third kappa shape index (κ3) is 5.82. The SMILES string of the molecule is CSCC(CCO)NCc1ccc(SC)cc1. The van der Waals surface area contributed by atoms with E-state index in [0.29, 0.717) is 6.04 Å². The van der Waals surface area contributed by atoms with Crippen molar-refractivity contribution in [2.45, 2.75) is 23.9 Å². The molecule has 0 aliphatic carbocycles. The maximum absolute atomic E-state index is 8.98. The maximum atomic E-state index is 8.98. The van der Waals surface area contributed by atoms with Gasteiger partial charge in [0.2, 0.25) is 0 Å². The van der Waals surface area contributed by atoms with Crippen LogP contribution < -0.4 is 5.32 Å². The molecule has 1 aromatic rings. The van der Waals surface area contributed by atoms with E-state index < -0.39 is 0 Å². The van der Waals surface area contributed by atoms with E-state index in [-0.39, 0.29) is 6.61 Å². The Morgan fingerprint density at radius 2 is 1.94 bits per heavy atom. The molecule has 0 radical (unpaired) electrons. The number of hydrogen-bond acceptors (Lipinski definition) is 4. The van der Waals surface area contributed by atoms with Crippen LogP contribution >= 0.6 is 23.5 Å². The summed E-state index contributed by atoms with van der Waals surface area (Å²) in [5.74, 6) is 1.05. The molecule has 0 aliphatic heterocycles. The molecule has 0 amide bonds. The van der Waals surface area contributed by atoms with Crippen LogP contribution in [0.3, 0.4) is 0 Å². The summed E-state index contributed by atoms with van der Waals surface area (Å²) in [6.07, 6.45) is 5.01. The Bertz CT molecular complexity index is 297. The zero-order valence-corrected chi connectivity index (χ0v) is 12.1. The minimum atomic E-state index is 0.254. The summed E-state index contributed by atoms with van der Waals surface area (Å²) in [5.41, 5.74) is 1.30. The third-order valence-corrected chi connectivity index (χ3v) is 4.08. The number of nitrogens with one attached hydrogen (secondary N) is 1. The van der Waals surface area contributed by atoms with Gasteiger partial charge < -0.3 is 10.4 Å². The van der Waals surface area contributed by atoms with Gasteiger partial charge in [-0.25, -0.2) is 0 Å². The molecule has 0 saturated carbocycles. The molecule has 0 spiro atoms. The summed E-state index contributed by atoms with van der Waals surface area (Å²) in [7, 11) is 0. The zero-order valence-electron chi connectivity index (χ0n) is 10.5. The van der Waals surface area contributed by atoms with Crippen molar-refractivity contribution in [1.29, 1.82) is 0 Å². The van der Waals surface area contributed by atoms with E-state index in [1.165, 1.54) is 10.5 Å². The number of rotatable bonds is 8. The second-order valence-electron chi connectivity index (χ2n) is 3.89. The Hall–Kier alpha value is -0.160. The molecule has 96 valence electrons. The predicted molar refractivity (Wildman–Crippen MR) is 78.9 cm³/mol. The van der Waals surface area contributed by atoms with Gasteiger partial charge in [0.25, 0.3) is 0 Å². The van der Waals surface area contributed by atoms with Crippen LogP contribution in [-0.2, 0) is 6.54 Å². The Balaban J connectivity index is 2.41. The molecule has 1 atom stereocenters. The monoisotopic (exact) mass is 271 g/mol. The fourth-order valence-electron chi connectivity index (χ4n) is 1.61. The van der Waals surface area contributed by atoms with E-state index in [1.54, 1.807) is 11.8 Å². The zero-order chi connectivity index (χ0) is 12.5. The maximum Gasteiger partial charge on any atom is 0.0446 e. The molecule has 0 bridgehead atoms. The van der Waals surface area contributed by atoms with E-state index in [2.05, 4.69) is 42.1 Å². The molecule has 17 heavy (non-hydrogen) atoms. The lowest BCUT2D eigenvalue weighted by atomic mass is 10.2. The van der Waals surface area contributed by atoms with Crippen LogP contribution in [0.2, 0.25) is 0 Å². The molecule has 0 fully saturated rings. The van der Waals surface area contributed by atoms with Crippen LogP contribution in [0.15, 0.2) is 29.2 Å². The highest BCUT2D eigenvalue weighted by atomic mass is 32.2. The topological polar surface area (TPSA) is 32.3 Å². The average Bonchev–Trinajstić information content (AvgIpc) is 2.37. The van der Waals surface area contributed by atoms with Gasteiger partial charge in [-0.3, -0.25) is 0 Å². The Morgan fingerprint density at radius 3 is 2.47 bits per heavy atom. The number of aliphatic hydroxyl groups is 1. The number of thioether (sulfide) groups is 2. The fraction of sp³-hybridized carbons (Fsp3) is 0.538. The first-order chi connectivity index (χ1) is 8.30. The first kappa shape index (κ1) is 14.9. The van der Waals surface area contributed by atoms with Gasteiger partial charge in [-0.05, 0) is 36.6 Å². The summed E-state index contributed by atoms with van der Waals surface area (Å²) < 4.78 is 0. The van der Waals surface area contributed by atoms with E-state index in [4.69, 9.17) is 5.11 Å². The first-order valence-corrected chi connectivity index (χ1v) is 8.38. The molecular weight excluding hydrogens is 250 g/mol. The van der Waals surface area contributed by atoms with Crippen molar-refractivity contribution in [3.63, 3.8) is 0 Å². The predicted octanol–water partition coefficient (Wildman–Crippen LogP) is 2.61. The van der Waals surface area contributed by atoms with E-state index in [0.717, 1.165) is 18.7 Å². The highest BCUT2D eigenvalue weighted by molar-refractivity contribution is 7.98. The Morgan fingerprint density at radius 1 is 1.24 bits per heavy atom. The van der Waals surface area contributed by atoms with Gasteiger partial charge >= 0.3 is 0 Å². The number of benzene rings is 1. The van der Waals surface area contributed by atoms with Crippen molar-refractivity contribution in [2.24, 2.45) is 0 Å². The van der Waals surface area contributed by atoms with Crippen molar-refractivity contribution in [3.05, 3.63) is 29.8 Å². The van der Waals surface area contributed by atoms with Crippen LogP contribution in [-0.4, -0.2) is 36.0 Å². The first-order valence-electron chi connectivity index (χ1n) is 5.76. The molecule has 0 heterocycles. The van der Waals surface area contributed by atoms with Gasteiger partial charge in [0, 0.05) is 29.8 Å². The van der Waals surface area contributed by atoms with E-state index in [1.807, 2.05) is 11.8 Å². The summed E-state index contributed by atoms with van der Waals surface area (Å²) in [4.78, 5) is 1.30. The third-order valence-electron chi connectivity index (χ3n) is 2.60. The largest absolute Gasteiger partial charge is 0.396 e. The molecule has 0 aliphatic rings. The van der Waals surface area contributed by atoms with Crippen molar-refractivity contribution < 1.29 is 5.11 Å². The second-order valence-corrected chi connectivity index (χ2v) is 5.68. The summed E-state index contributed by atoms with van der Waals surface area (Å²) in [6, 6.07) is 9.02. The lowest BCUT2D eigenvalue weighted by Crippen LogP contribution is -2.31. The molecule has 0 saturated heterocycles. The molecule has 4 heteroatoms. The van der Waals surface area contributed by atoms with Crippen molar-refractivity contribution in [1.82, 2.24) is 5.32 Å². The number of aliphatic hydroxyl groups excluding tert-OH is 1. The molecular formula is C13H21NOS2. The molecule has 2 N–H and O–H groups in total. The van der Waals surface area contributed by atoms with Gasteiger partial charge in [0.05, 0.1) is 0 Å². The van der Waals surface area contributed by atoms with Crippen LogP contribution in [0.25, 0.3) is 0 Å². The Kier molecular flexibility index (Phi) is 7.77. The summed E-state index contributed by atoms with van der Waals surface area (Å²) >= 11 is 3.58. The smallest absolute Gasteiger partial charge is 0.0446 e. The van der Waals surface area contributed by atoms with Gasteiger partial charge in [-0.2, -0.15) is 11.8 Å². The molecule has 1 aromatic carbocycles. The quantitative estimate of drug-likeness (QED) is 0.712. The van der Waals surface area contributed by atoms with E-state index in [9.17, 15) is 0 Å². The second kappa shape index (κ2) is 8.86. The van der Waals surface area contributed by atoms with E-state index >= 15 is 0 Å². The summed E-state index contributed by atoms with van der Waals surface area (Å²) in [6.45, 7) is 1.13. The van der Waals surface area contributed by atoms with Gasteiger partial charge in [-0.15, -0.1) is 11.8 Å². The van der Waals surface area contributed by atoms with Crippen LogP contribution in [0.5, 0.6) is 0 Å². The van der Waals surface area contributed by atoms with Crippen LogP contribution in [0.4, 0.5) is 0 Å². The lowest BCUT2D eigenvalue weighted by Gasteiger charge is -2.16. The molecule has 2 nitrogen and oxygen atoms in total. The van der Waals surface area contributed by atoms with Crippen molar-refractivity contribution in [2.75, 3.05) is 24.9 Å². The summed E-state index contributed by atoms with van der Waals surface area (Å²) in [5, 5.41) is 12.5. The highest BCUT2D eigenvalue weighted by Crippen LogP contribution is 2.15. The highest BCUT2D eigenvalue weighted by Gasteiger charge is 2.06. The average molecular weight is 271 g/mol. The Labute approximate surface area is 113 Å². The van der Waals surface area contributed by atoms with Gasteiger partial charge in [0.1, 0.15) is 0 Å². The normalized spacial score (nSPS) is 12.6. The molecule has 1 unspecified atom stereocenters. The van der Waals surface area contributed by atoms with Crippen molar-refractivity contribution in [3.8, 4) is 0 Å². The van der Waals surface area contributed by atoms with Gasteiger partial charge in [0.15, 0.2) is 0 Å². The fourth-order valence-corrected chi connectivity index (χ4v) is 2.70. The number of hydrogen-bond donors (Lipinski definition) is 2. The standard InChI is InChI=1S/C13H21NOS2/c1-16-10-12(7-8-15)14-9-11-3-5-13(17-2)6-4-11/h3-6,12,14-15H,7-10H2,1-2H3. The van der Waals surface area contributed by atoms with Gasteiger partial charge in [-0.1, -0.05) is 12.1 Å². The lowest BCUT2D eigenvalue weighted by molar-refractivity contribution is 0.270. The van der Waals surface area contributed by atoms with Crippen molar-refractivity contribution >= 4 is 23.5 Å². The van der Waals surface area contributed by atoms with Crippen LogP contribution in [0, 0.1) is 0 Å². The minimum absolute atomic E-state index is 0.254. The van der Waals surface area contributed by atoms with Crippen LogP contribution in [0.1, 0.15) is 12.0 Å². The molecule has 0 aromatic heterocycles.